The van der Waals surface area contributed by atoms with Gasteiger partial charge in [-0.05, 0) is 42.0 Å². The summed E-state index contributed by atoms with van der Waals surface area (Å²) in [5, 5.41) is 0. The average Bonchev–Trinajstić information content (AvgIpc) is 2.39. The first-order valence-corrected chi connectivity index (χ1v) is 5.13. The van der Waals surface area contributed by atoms with Crippen LogP contribution in [0.15, 0.2) is 42.6 Å². The fraction of sp³-hybridized carbons (Fsp3) is 0.154. The van der Waals surface area contributed by atoms with Gasteiger partial charge in [-0.25, -0.2) is 0 Å². The number of nitrogens with zero attached hydrogens (tertiary/aromatic N) is 1. The summed E-state index contributed by atoms with van der Waals surface area (Å²) in [6.07, 6.45) is 1.78. The van der Waals surface area contributed by atoms with Gasteiger partial charge in [-0.15, -0.1) is 0 Å². The predicted molar refractivity (Wildman–Crippen MR) is 64.1 cm³/mol. The molecule has 3 heteroatoms. The Morgan fingerprint density at radius 3 is 2.56 bits per heavy atom. The summed E-state index contributed by atoms with van der Waals surface area (Å²) in [5.74, 6) is 0.846. The van der Waals surface area contributed by atoms with Gasteiger partial charge < -0.3 is 10.5 Å². The highest BCUT2D eigenvalue weighted by molar-refractivity contribution is 5.60. The molecule has 2 aromatic rings. The number of hydrogen-bond acceptors (Lipinski definition) is 3. The first-order chi connectivity index (χ1) is 7.83. The average molecular weight is 214 g/mol. The van der Waals surface area contributed by atoms with Crippen molar-refractivity contribution in [2.24, 2.45) is 5.73 Å². The Balaban J connectivity index is 2.34. The van der Waals surface area contributed by atoms with E-state index in [9.17, 15) is 0 Å². The van der Waals surface area contributed by atoms with Crippen LogP contribution in [0, 0.1) is 0 Å². The zero-order chi connectivity index (χ0) is 11.4. The Labute approximate surface area is 94.9 Å². The second kappa shape index (κ2) is 4.77. The molecular formula is C13H14N2O. The number of methoxy groups -OCH3 is 1. The van der Waals surface area contributed by atoms with Crippen LogP contribution in [0.25, 0.3) is 11.3 Å². The topological polar surface area (TPSA) is 48.1 Å². The third kappa shape index (κ3) is 2.20. The van der Waals surface area contributed by atoms with Crippen molar-refractivity contribution in [3.8, 4) is 17.0 Å². The largest absolute Gasteiger partial charge is 0.497 e. The lowest BCUT2D eigenvalue weighted by atomic mass is 10.1. The molecule has 2 N–H and O–H groups in total. The van der Waals surface area contributed by atoms with Gasteiger partial charge in [-0.2, -0.15) is 0 Å². The molecule has 0 saturated carbocycles. The second-order valence-corrected chi connectivity index (χ2v) is 3.48. The molecule has 3 nitrogen and oxygen atoms in total. The van der Waals surface area contributed by atoms with Crippen molar-refractivity contribution in [1.29, 1.82) is 0 Å². The quantitative estimate of drug-likeness (QED) is 0.852. The SMILES string of the molecule is COc1ccc(-c2cc(CN)ccn2)cc1. The van der Waals surface area contributed by atoms with Gasteiger partial charge in [0.1, 0.15) is 5.75 Å². The maximum absolute atomic E-state index is 5.59. The van der Waals surface area contributed by atoms with Gasteiger partial charge >= 0.3 is 0 Å². The van der Waals surface area contributed by atoms with Crippen LogP contribution in [0.5, 0.6) is 5.75 Å². The zero-order valence-corrected chi connectivity index (χ0v) is 9.18. The fourth-order valence-corrected chi connectivity index (χ4v) is 1.52. The van der Waals surface area contributed by atoms with E-state index in [4.69, 9.17) is 10.5 Å². The summed E-state index contributed by atoms with van der Waals surface area (Å²) in [5.41, 5.74) is 8.68. The number of ether oxygens (including phenoxy) is 1. The van der Waals surface area contributed by atoms with E-state index in [2.05, 4.69) is 4.98 Å². The number of benzene rings is 1. The molecule has 0 aliphatic rings. The highest BCUT2D eigenvalue weighted by Gasteiger charge is 2.00. The Kier molecular flexibility index (Phi) is 3.17. The molecule has 16 heavy (non-hydrogen) atoms. The van der Waals surface area contributed by atoms with Crippen LogP contribution in [0.3, 0.4) is 0 Å². The first kappa shape index (κ1) is 10.6. The molecule has 0 atom stereocenters. The number of pyridine rings is 1. The summed E-state index contributed by atoms with van der Waals surface area (Å²) >= 11 is 0. The maximum atomic E-state index is 5.59. The van der Waals surface area contributed by atoms with Gasteiger partial charge in [0, 0.05) is 18.3 Å². The van der Waals surface area contributed by atoms with Gasteiger partial charge in [0.25, 0.3) is 0 Å². The smallest absolute Gasteiger partial charge is 0.118 e. The Morgan fingerprint density at radius 2 is 1.94 bits per heavy atom. The van der Waals surface area contributed by atoms with Crippen molar-refractivity contribution in [2.75, 3.05) is 7.11 Å². The summed E-state index contributed by atoms with van der Waals surface area (Å²) in [6.45, 7) is 0.533. The molecule has 0 fully saturated rings. The van der Waals surface area contributed by atoms with Crippen molar-refractivity contribution < 1.29 is 4.74 Å². The molecule has 0 aliphatic carbocycles. The van der Waals surface area contributed by atoms with E-state index < -0.39 is 0 Å². The standard InChI is InChI=1S/C13H14N2O/c1-16-12-4-2-11(3-5-12)13-8-10(9-14)6-7-15-13/h2-8H,9,14H2,1H3. The van der Waals surface area contributed by atoms with Crippen LogP contribution < -0.4 is 10.5 Å². The van der Waals surface area contributed by atoms with Gasteiger partial charge in [-0.3, -0.25) is 4.98 Å². The van der Waals surface area contributed by atoms with Crippen LogP contribution in [0.4, 0.5) is 0 Å². The van der Waals surface area contributed by atoms with E-state index in [1.165, 1.54) is 0 Å². The molecule has 1 aromatic heterocycles. The van der Waals surface area contributed by atoms with Crippen LogP contribution in [0.1, 0.15) is 5.56 Å². The van der Waals surface area contributed by atoms with E-state index >= 15 is 0 Å². The van der Waals surface area contributed by atoms with Gasteiger partial charge in [0.05, 0.1) is 12.8 Å². The highest BCUT2D eigenvalue weighted by atomic mass is 16.5. The van der Waals surface area contributed by atoms with Crippen molar-refractivity contribution >= 4 is 0 Å². The Hall–Kier alpha value is -1.87. The molecular weight excluding hydrogens is 200 g/mol. The molecule has 0 amide bonds. The van der Waals surface area contributed by atoms with E-state index in [1.54, 1.807) is 13.3 Å². The molecule has 0 unspecified atom stereocenters. The molecule has 0 saturated heterocycles. The summed E-state index contributed by atoms with van der Waals surface area (Å²) in [4.78, 5) is 4.32. The summed E-state index contributed by atoms with van der Waals surface area (Å²) < 4.78 is 5.11. The second-order valence-electron chi connectivity index (χ2n) is 3.48. The summed E-state index contributed by atoms with van der Waals surface area (Å²) in [6, 6.07) is 11.7. The van der Waals surface area contributed by atoms with E-state index in [1.807, 2.05) is 36.4 Å². The lowest BCUT2D eigenvalue weighted by Gasteiger charge is -2.04. The minimum Gasteiger partial charge on any atom is -0.497 e. The number of nitrogens with two attached hydrogens (primary N) is 1. The highest BCUT2D eigenvalue weighted by Crippen LogP contribution is 2.20. The van der Waals surface area contributed by atoms with Crippen molar-refractivity contribution in [3.63, 3.8) is 0 Å². The monoisotopic (exact) mass is 214 g/mol. The molecule has 0 radical (unpaired) electrons. The maximum Gasteiger partial charge on any atom is 0.118 e. The zero-order valence-electron chi connectivity index (χ0n) is 9.18. The molecule has 2 rings (SSSR count). The Bertz CT molecular complexity index is 466. The van der Waals surface area contributed by atoms with Crippen LogP contribution >= 0.6 is 0 Å². The third-order valence-electron chi connectivity index (χ3n) is 2.45. The lowest BCUT2D eigenvalue weighted by molar-refractivity contribution is 0.415. The van der Waals surface area contributed by atoms with Crippen LogP contribution in [-0.2, 0) is 6.54 Å². The van der Waals surface area contributed by atoms with E-state index in [0.717, 1.165) is 22.6 Å². The fourth-order valence-electron chi connectivity index (χ4n) is 1.52. The molecule has 0 bridgehead atoms. The Morgan fingerprint density at radius 1 is 1.19 bits per heavy atom. The van der Waals surface area contributed by atoms with Gasteiger partial charge in [0.2, 0.25) is 0 Å². The number of hydrogen-bond donors (Lipinski definition) is 1. The molecule has 1 aromatic carbocycles. The van der Waals surface area contributed by atoms with Crippen molar-refractivity contribution in [3.05, 3.63) is 48.2 Å². The molecule has 82 valence electrons. The summed E-state index contributed by atoms with van der Waals surface area (Å²) in [7, 11) is 1.66. The first-order valence-electron chi connectivity index (χ1n) is 5.13. The van der Waals surface area contributed by atoms with Crippen molar-refractivity contribution in [1.82, 2.24) is 4.98 Å². The van der Waals surface area contributed by atoms with Crippen LogP contribution in [0.2, 0.25) is 0 Å². The molecule has 1 heterocycles. The van der Waals surface area contributed by atoms with E-state index in [-0.39, 0.29) is 0 Å². The normalized spacial score (nSPS) is 10.1. The lowest BCUT2D eigenvalue weighted by Crippen LogP contribution is -1.97. The minimum atomic E-state index is 0.533. The van der Waals surface area contributed by atoms with Gasteiger partial charge in [-0.1, -0.05) is 0 Å². The molecule has 0 spiro atoms. The predicted octanol–water partition coefficient (Wildman–Crippen LogP) is 2.22. The number of aromatic nitrogens is 1. The van der Waals surface area contributed by atoms with Crippen molar-refractivity contribution in [2.45, 2.75) is 6.54 Å². The third-order valence-corrected chi connectivity index (χ3v) is 2.45. The number of rotatable bonds is 3. The van der Waals surface area contributed by atoms with Crippen LogP contribution in [-0.4, -0.2) is 12.1 Å². The minimum absolute atomic E-state index is 0.533. The van der Waals surface area contributed by atoms with Gasteiger partial charge in [0.15, 0.2) is 0 Å². The van der Waals surface area contributed by atoms with E-state index in [0.29, 0.717) is 6.54 Å². The molecule has 0 aliphatic heterocycles.